The Morgan fingerprint density at radius 1 is 1.37 bits per heavy atom. The fourth-order valence-electron chi connectivity index (χ4n) is 1.40. The molecule has 1 heterocycles. The third-order valence-corrected chi connectivity index (χ3v) is 2.71. The van der Waals surface area contributed by atoms with Crippen molar-refractivity contribution in [2.45, 2.75) is 19.0 Å². The molecule has 1 amide bonds. The maximum Gasteiger partial charge on any atom is 0.331 e. The molecule has 0 aliphatic carbocycles. The van der Waals surface area contributed by atoms with Gasteiger partial charge in [0.25, 0.3) is 5.56 Å². The van der Waals surface area contributed by atoms with Crippen molar-refractivity contribution in [3.63, 3.8) is 0 Å². The minimum absolute atomic E-state index is 0.303. The van der Waals surface area contributed by atoms with Gasteiger partial charge in [-0.15, -0.1) is 0 Å². The van der Waals surface area contributed by atoms with Gasteiger partial charge in [-0.3, -0.25) is 18.7 Å². The van der Waals surface area contributed by atoms with E-state index in [1.54, 1.807) is 0 Å². The number of aliphatic hydroxyl groups is 2. The molecule has 0 spiro atoms. The Morgan fingerprint density at radius 3 is 2.47 bits per heavy atom. The largest absolute Gasteiger partial charge is 0.394 e. The van der Waals surface area contributed by atoms with Crippen LogP contribution < -0.4 is 16.6 Å². The van der Waals surface area contributed by atoms with Crippen LogP contribution in [0.4, 0.5) is 0 Å². The number of rotatable bonds is 5. The summed E-state index contributed by atoms with van der Waals surface area (Å²) in [5, 5.41) is 20.5. The Morgan fingerprint density at radius 2 is 1.95 bits per heavy atom. The van der Waals surface area contributed by atoms with Crippen molar-refractivity contribution in [1.29, 1.82) is 0 Å². The van der Waals surface area contributed by atoms with Gasteiger partial charge in [0, 0.05) is 19.3 Å². The molecule has 3 N–H and O–H groups in total. The molecular formula is C11H17N3O5. The monoisotopic (exact) mass is 271 g/mol. The highest BCUT2D eigenvalue weighted by molar-refractivity contribution is 5.76. The summed E-state index contributed by atoms with van der Waals surface area (Å²) in [5.74, 6) is -0.550. The summed E-state index contributed by atoms with van der Waals surface area (Å²) in [7, 11) is 1.31. The SMILES string of the molecule is Cn1c(=O)ccn(CC(=O)NC(C)(CO)CO)c1=O. The third kappa shape index (κ3) is 3.52. The Labute approximate surface area is 108 Å². The number of hydrogen-bond acceptors (Lipinski definition) is 5. The Bertz CT molecular complexity index is 570. The molecule has 0 atom stereocenters. The molecule has 0 saturated carbocycles. The van der Waals surface area contributed by atoms with E-state index >= 15 is 0 Å². The summed E-state index contributed by atoms with van der Waals surface area (Å²) in [6.45, 7) is 0.297. The van der Waals surface area contributed by atoms with E-state index in [1.165, 1.54) is 26.2 Å². The second kappa shape index (κ2) is 5.81. The second-order valence-corrected chi connectivity index (χ2v) is 4.55. The summed E-state index contributed by atoms with van der Waals surface area (Å²) >= 11 is 0. The van der Waals surface area contributed by atoms with Crippen LogP contribution in [0.5, 0.6) is 0 Å². The number of carbonyl (C=O) groups excluding carboxylic acids is 1. The number of aliphatic hydroxyl groups excluding tert-OH is 2. The fraction of sp³-hybridized carbons (Fsp3) is 0.545. The van der Waals surface area contributed by atoms with E-state index in [4.69, 9.17) is 10.2 Å². The van der Waals surface area contributed by atoms with Crippen LogP contribution in [-0.4, -0.2) is 44.0 Å². The van der Waals surface area contributed by atoms with Crippen LogP contribution in [0.25, 0.3) is 0 Å². The van der Waals surface area contributed by atoms with Gasteiger partial charge in [0.05, 0.1) is 18.8 Å². The summed E-state index contributed by atoms with van der Waals surface area (Å²) in [4.78, 5) is 34.6. The molecule has 1 aromatic rings. The lowest BCUT2D eigenvalue weighted by Gasteiger charge is -2.26. The highest BCUT2D eigenvalue weighted by atomic mass is 16.3. The van der Waals surface area contributed by atoms with E-state index in [9.17, 15) is 14.4 Å². The van der Waals surface area contributed by atoms with Gasteiger partial charge in [-0.2, -0.15) is 0 Å². The van der Waals surface area contributed by atoms with Crippen LogP contribution in [0.1, 0.15) is 6.92 Å². The molecule has 0 aromatic carbocycles. The van der Waals surface area contributed by atoms with Gasteiger partial charge in [0.1, 0.15) is 6.54 Å². The van der Waals surface area contributed by atoms with Crippen molar-refractivity contribution in [2.24, 2.45) is 7.05 Å². The normalized spacial score (nSPS) is 11.4. The molecule has 106 valence electrons. The molecule has 0 fully saturated rings. The van der Waals surface area contributed by atoms with Gasteiger partial charge in [0.2, 0.25) is 5.91 Å². The number of nitrogens with one attached hydrogen (secondary N) is 1. The zero-order valence-corrected chi connectivity index (χ0v) is 10.8. The van der Waals surface area contributed by atoms with Gasteiger partial charge in [-0.1, -0.05) is 0 Å². The second-order valence-electron chi connectivity index (χ2n) is 4.55. The number of carbonyl (C=O) groups is 1. The van der Waals surface area contributed by atoms with Crippen LogP contribution >= 0.6 is 0 Å². The Kier molecular flexibility index (Phi) is 4.62. The molecular weight excluding hydrogens is 254 g/mol. The molecule has 0 saturated heterocycles. The average Bonchev–Trinajstić information content (AvgIpc) is 2.39. The molecule has 8 nitrogen and oxygen atoms in total. The lowest BCUT2D eigenvalue weighted by Crippen LogP contribution is -2.53. The quantitative estimate of drug-likeness (QED) is 0.543. The van der Waals surface area contributed by atoms with Crippen LogP contribution in [0, 0.1) is 0 Å². The molecule has 0 bridgehead atoms. The van der Waals surface area contributed by atoms with Crippen LogP contribution in [0.3, 0.4) is 0 Å². The fourth-order valence-corrected chi connectivity index (χ4v) is 1.40. The molecule has 8 heteroatoms. The van der Waals surface area contributed by atoms with Crippen molar-refractivity contribution < 1.29 is 15.0 Å². The van der Waals surface area contributed by atoms with Crippen molar-refractivity contribution in [3.05, 3.63) is 33.1 Å². The van der Waals surface area contributed by atoms with E-state index in [2.05, 4.69) is 5.32 Å². The molecule has 19 heavy (non-hydrogen) atoms. The lowest BCUT2D eigenvalue weighted by atomic mass is 10.1. The summed E-state index contributed by atoms with van der Waals surface area (Å²) < 4.78 is 1.94. The van der Waals surface area contributed by atoms with Crippen molar-refractivity contribution in [1.82, 2.24) is 14.5 Å². The number of amides is 1. The first kappa shape index (κ1) is 15.1. The highest BCUT2D eigenvalue weighted by Gasteiger charge is 2.24. The summed E-state index contributed by atoms with van der Waals surface area (Å²) in [5.41, 5.74) is -2.23. The van der Waals surface area contributed by atoms with Crippen LogP contribution in [0.15, 0.2) is 21.9 Å². The van der Waals surface area contributed by atoms with Gasteiger partial charge in [-0.25, -0.2) is 4.79 Å². The van der Waals surface area contributed by atoms with Crippen molar-refractivity contribution >= 4 is 5.91 Å². The van der Waals surface area contributed by atoms with Crippen LogP contribution in [-0.2, 0) is 18.4 Å². The van der Waals surface area contributed by atoms with E-state index in [1.807, 2.05) is 0 Å². The summed E-state index contributed by atoms with van der Waals surface area (Å²) in [6.07, 6.45) is 1.22. The molecule has 0 aliphatic heterocycles. The maximum absolute atomic E-state index is 11.7. The molecule has 0 radical (unpaired) electrons. The first-order valence-corrected chi connectivity index (χ1v) is 5.62. The van der Waals surface area contributed by atoms with E-state index in [0.29, 0.717) is 0 Å². The average molecular weight is 271 g/mol. The van der Waals surface area contributed by atoms with Crippen LogP contribution in [0.2, 0.25) is 0 Å². The molecule has 0 aliphatic rings. The van der Waals surface area contributed by atoms with E-state index in [-0.39, 0.29) is 6.54 Å². The molecule has 0 unspecified atom stereocenters. The first-order valence-electron chi connectivity index (χ1n) is 5.62. The van der Waals surface area contributed by atoms with Gasteiger partial charge >= 0.3 is 5.69 Å². The van der Waals surface area contributed by atoms with Gasteiger partial charge < -0.3 is 15.5 Å². The van der Waals surface area contributed by atoms with Crippen molar-refractivity contribution in [3.8, 4) is 0 Å². The zero-order chi connectivity index (χ0) is 14.6. The van der Waals surface area contributed by atoms with Gasteiger partial charge in [0.15, 0.2) is 0 Å². The Hall–Kier alpha value is -1.93. The lowest BCUT2D eigenvalue weighted by molar-refractivity contribution is -0.124. The summed E-state index contributed by atoms with van der Waals surface area (Å²) in [6, 6.07) is 1.17. The van der Waals surface area contributed by atoms with E-state index in [0.717, 1.165) is 9.13 Å². The van der Waals surface area contributed by atoms with Gasteiger partial charge in [-0.05, 0) is 6.92 Å². The third-order valence-electron chi connectivity index (χ3n) is 2.71. The minimum atomic E-state index is -1.15. The number of hydrogen-bond donors (Lipinski definition) is 3. The molecule has 1 aromatic heterocycles. The van der Waals surface area contributed by atoms with E-state index < -0.39 is 35.9 Å². The minimum Gasteiger partial charge on any atom is -0.394 e. The number of nitrogens with zero attached hydrogens (tertiary/aromatic N) is 2. The standard InChI is InChI=1S/C11H17N3O5/c1-11(6-15,7-16)12-8(17)5-14-4-3-9(18)13(2)10(14)19/h3-4,15-16H,5-7H2,1-2H3,(H,12,17). The Balaban J connectivity index is 2.87. The maximum atomic E-state index is 11.7. The highest BCUT2D eigenvalue weighted by Crippen LogP contribution is 2.00. The predicted octanol–water partition coefficient (Wildman–Crippen LogP) is -2.59. The predicted molar refractivity (Wildman–Crippen MR) is 66.7 cm³/mol. The topological polar surface area (TPSA) is 114 Å². The zero-order valence-electron chi connectivity index (χ0n) is 10.8. The number of aromatic nitrogens is 2. The molecule has 1 rings (SSSR count). The smallest absolute Gasteiger partial charge is 0.331 e. The van der Waals surface area contributed by atoms with Crippen molar-refractivity contribution in [2.75, 3.05) is 13.2 Å². The first-order chi connectivity index (χ1) is 8.83.